The number of hydrogen-bond acceptors (Lipinski definition) is 1. The van der Waals surface area contributed by atoms with Crippen LogP contribution in [0.2, 0.25) is 0 Å². The molecule has 19 heavy (non-hydrogen) atoms. The third kappa shape index (κ3) is 2.60. The maximum atomic E-state index is 4.00. The van der Waals surface area contributed by atoms with Crippen molar-refractivity contribution in [2.45, 2.75) is 83.1 Å². The highest BCUT2D eigenvalue weighted by atomic mass is 14.9. The van der Waals surface area contributed by atoms with Crippen LogP contribution in [0.1, 0.15) is 77.0 Å². The predicted molar refractivity (Wildman–Crippen MR) is 80.1 cm³/mol. The summed E-state index contributed by atoms with van der Waals surface area (Å²) in [4.78, 5) is 0. The van der Waals surface area contributed by atoms with Crippen molar-refractivity contribution in [1.82, 2.24) is 5.32 Å². The minimum Gasteiger partial charge on any atom is -0.313 e. The van der Waals surface area contributed by atoms with Crippen LogP contribution < -0.4 is 5.32 Å². The van der Waals surface area contributed by atoms with E-state index in [-0.39, 0.29) is 0 Å². The third-order valence-electron chi connectivity index (χ3n) is 6.90. The Morgan fingerprint density at radius 1 is 0.789 bits per heavy atom. The van der Waals surface area contributed by atoms with Gasteiger partial charge in [0.1, 0.15) is 0 Å². The number of fused-ring (bicyclic) bond motifs is 1. The molecule has 1 N–H and O–H groups in total. The molecule has 0 aromatic carbocycles. The summed E-state index contributed by atoms with van der Waals surface area (Å²) < 4.78 is 0. The Morgan fingerprint density at radius 3 is 2.21 bits per heavy atom. The Morgan fingerprint density at radius 2 is 1.47 bits per heavy atom. The first-order valence-electron chi connectivity index (χ1n) is 9.05. The lowest BCUT2D eigenvalue weighted by Crippen LogP contribution is -2.44. The molecular weight excluding hydrogens is 230 g/mol. The molecule has 108 valence electrons. The van der Waals surface area contributed by atoms with Crippen LogP contribution in [0.3, 0.4) is 0 Å². The maximum absolute atomic E-state index is 4.00. The van der Waals surface area contributed by atoms with Gasteiger partial charge in [-0.25, -0.2) is 0 Å². The maximum Gasteiger partial charge on any atom is 0.00672 e. The van der Waals surface area contributed by atoms with E-state index in [1.54, 1.807) is 44.9 Å². The third-order valence-corrected chi connectivity index (χ3v) is 6.90. The van der Waals surface area contributed by atoms with Crippen molar-refractivity contribution >= 4 is 0 Å². The second-order valence-electron chi connectivity index (χ2n) is 8.47. The standard InChI is InChI=1S/C18H31N/c1-2-4-17(5-3-1)19-13-18-7-6-14-8-15(11-18)10-16(9-14)12-18/h14-17,19H,1-13H2. The molecule has 0 aromatic rings. The number of nitrogens with one attached hydrogen (secondary N) is 1. The molecule has 0 heterocycles. The van der Waals surface area contributed by atoms with Crippen LogP contribution in [0.5, 0.6) is 0 Å². The van der Waals surface area contributed by atoms with E-state index in [9.17, 15) is 0 Å². The molecule has 2 atom stereocenters. The van der Waals surface area contributed by atoms with Gasteiger partial charge in [0.15, 0.2) is 0 Å². The fourth-order valence-corrected chi connectivity index (χ4v) is 6.19. The molecule has 5 aliphatic rings. The molecule has 1 nitrogen and oxygen atoms in total. The fraction of sp³-hybridized carbons (Fsp3) is 1.00. The minimum absolute atomic E-state index is 0.719. The summed E-state index contributed by atoms with van der Waals surface area (Å²) in [6, 6.07) is 0.863. The SMILES string of the molecule is C1CCC(NCC23CCC4CC(CC(C4)C2)C3)CC1. The van der Waals surface area contributed by atoms with Gasteiger partial charge in [-0.3, -0.25) is 0 Å². The first-order valence-corrected chi connectivity index (χ1v) is 9.05. The van der Waals surface area contributed by atoms with Gasteiger partial charge in [-0.05, 0) is 81.0 Å². The molecule has 1 heteroatoms. The van der Waals surface area contributed by atoms with E-state index in [1.807, 2.05) is 0 Å². The summed E-state index contributed by atoms with van der Waals surface area (Å²) in [5.41, 5.74) is 0.719. The molecule has 5 aliphatic carbocycles. The van der Waals surface area contributed by atoms with Crippen molar-refractivity contribution in [3.05, 3.63) is 0 Å². The highest BCUT2D eigenvalue weighted by Gasteiger charge is 2.47. The summed E-state index contributed by atoms with van der Waals surface area (Å²) in [6.45, 7) is 1.36. The van der Waals surface area contributed by atoms with E-state index in [1.165, 1.54) is 38.6 Å². The van der Waals surface area contributed by atoms with Crippen LogP contribution in [0.15, 0.2) is 0 Å². The fourth-order valence-electron chi connectivity index (χ4n) is 6.19. The van der Waals surface area contributed by atoms with Crippen LogP contribution >= 0.6 is 0 Å². The van der Waals surface area contributed by atoms with Crippen LogP contribution in [-0.2, 0) is 0 Å². The summed E-state index contributed by atoms with van der Waals surface area (Å²) in [5.74, 6) is 3.32. The zero-order valence-electron chi connectivity index (χ0n) is 12.5. The van der Waals surface area contributed by atoms with E-state index < -0.39 is 0 Å². The molecule has 0 radical (unpaired) electrons. The van der Waals surface area contributed by atoms with E-state index >= 15 is 0 Å². The van der Waals surface area contributed by atoms with Crippen molar-refractivity contribution in [1.29, 1.82) is 0 Å². The molecule has 5 fully saturated rings. The minimum atomic E-state index is 0.719. The average molecular weight is 261 g/mol. The number of rotatable bonds is 3. The average Bonchev–Trinajstić information content (AvgIpc) is 2.63. The summed E-state index contributed by atoms with van der Waals surface area (Å²) in [7, 11) is 0. The van der Waals surface area contributed by atoms with Gasteiger partial charge in [-0.1, -0.05) is 19.3 Å². The zero-order valence-corrected chi connectivity index (χ0v) is 12.5. The first-order chi connectivity index (χ1) is 9.31. The Balaban J connectivity index is 1.41. The van der Waals surface area contributed by atoms with Gasteiger partial charge in [0.25, 0.3) is 0 Å². The van der Waals surface area contributed by atoms with Crippen molar-refractivity contribution in [3.63, 3.8) is 0 Å². The Labute approximate surface area is 118 Å². The summed E-state index contributed by atoms with van der Waals surface area (Å²) >= 11 is 0. The van der Waals surface area contributed by atoms with Crippen LogP contribution in [0.25, 0.3) is 0 Å². The van der Waals surface area contributed by atoms with Crippen molar-refractivity contribution < 1.29 is 0 Å². The predicted octanol–water partition coefficient (Wildman–Crippen LogP) is 4.52. The molecule has 5 rings (SSSR count). The van der Waals surface area contributed by atoms with E-state index in [4.69, 9.17) is 0 Å². The zero-order chi connectivity index (χ0) is 12.7. The lowest BCUT2D eigenvalue weighted by atomic mass is 9.61. The molecule has 0 spiro atoms. The Bertz CT molecular complexity index is 304. The quantitative estimate of drug-likeness (QED) is 0.788. The van der Waals surface area contributed by atoms with Crippen LogP contribution in [0, 0.1) is 23.2 Å². The highest BCUT2D eigenvalue weighted by molar-refractivity contribution is 4.99. The Hall–Kier alpha value is -0.0400. The molecule has 0 amide bonds. The normalized spacial score (nSPS) is 46.4. The van der Waals surface area contributed by atoms with Gasteiger partial charge in [-0.15, -0.1) is 0 Å². The van der Waals surface area contributed by atoms with Gasteiger partial charge < -0.3 is 5.32 Å². The number of hydrogen-bond donors (Lipinski definition) is 1. The van der Waals surface area contributed by atoms with Gasteiger partial charge in [0.05, 0.1) is 0 Å². The van der Waals surface area contributed by atoms with Crippen molar-refractivity contribution in [3.8, 4) is 0 Å². The molecule has 2 unspecified atom stereocenters. The molecule has 0 saturated heterocycles. The molecule has 4 bridgehead atoms. The summed E-state index contributed by atoms with van der Waals surface area (Å²) in [5, 5.41) is 4.00. The topological polar surface area (TPSA) is 12.0 Å². The lowest BCUT2D eigenvalue weighted by Gasteiger charge is -2.46. The van der Waals surface area contributed by atoms with Crippen molar-refractivity contribution in [2.75, 3.05) is 6.54 Å². The molecule has 5 saturated carbocycles. The summed E-state index contributed by atoms with van der Waals surface area (Å²) in [6.07, 6.45) is 18.3. The largest absolute Gasteiger partial charge is 0.313 e. The lowest BCUT2D eigenvalue weighted by molar-refractivity contribution is 0.0625. The van der Waals surface area contributed by atoms with E-state index in [0.717, 1.165) is 29.2 Å². The molecular formula is C18H31N. The highest BCUT2D eigenvalue weighted by Crippen LogP contribution is 2.56. The second-order valence-corrected chi connectivity index (χ2v) is 8.47. The smallest absolute Gasteiger partial charge is 0.00672 e. The van der Waals surface area contributed by atoms with E-state index in [0.29, 0.717) is 0 Å². The van der Waals surface area contributed by atoms with Crippen LogP contribution in [-0.4, -0.2) is 12.6 Å². The van der Waals surface area contributed by atoms with Gasteiger partial charge in [-0.2, -0.15) is 0 Å². The van der Waals surface area contributed by atoms with Crippen molar-refractivity contribution in [2.24, 2.45) is 23.2 Å². The van der Waals surface area contributed by atoms with Crippen LogP contribution in [0.4, 0.5) is 0 Å². The monoisotopic (exact) mass is 261 g/mol. The molecule has 0 aliphatic heterocycles. The van der Waals surface area contributed by atoms with E-state index in [2.05, 4.69) is 5.32 Å². The molecule has 0 aromatic heterocycles. The van der Waals surface area contributed by atoms with Gasteiger partial charge >= 0.3 is 0 Å². The van der Waals surface area contributed by atoms with Gasteiger partial charge in [0, 0.05) is 12.6 Å². The second kappa shape index (κ2) is 5.06. The Kier molecular flexibility index (Phi) is 3.38. The van der Waals surface area contributed by atoms with Gasteiger partial charge in [0.2, 0.25) is 0 Å². The first kappa shape index (κ1) is 12.7.